The number of hydrogen-bond acceptors (Lipinski definition) is 9. The smallest absolute Gasteiger partial charge is 0.305 e. The highest BCUT2D eigenvalue weighted by Crippen LogP contribution is 2.61. The zero-order valence-corrected chi connectivity index (χ0v) is 21.3. The van der Waals surface area contributed by atoms with E-state index >= 15 is 0 Å². The second-order valence-corrected chi connectivity index (χ2v) is 10.3. The maximum atomic E-state index is 12.0. The van der Waals surface area contributed by atoms with E-state index in [0.717, 1.165) is 5.56 Å². The van der Waals surface area contributed by atoms with Crippen LogP contribution in [-0.4, -0.2) is 44.9 Å². The Morgan fingerprint density at radius 3 is 2.17 bits per heavy atom. The zero-order chi connectivity index (χ0) is 27.8. The number of benzene rings is 4. The van der Waals surface area contributed by atoms with Crippen molar-refractivity contribution in [3.8, 4) is 40.2 Å². The molecular formula is C31H26O9. The summed E-state index contributed by atoms with van der Waals surface area (Å²) in [4.78, 5) is 0. The van der Waals surface area contributed by atoms with E-state index in [0.29, 0.717) is 39.5 Å². The maximum Gasteiger partial charge on any atom is 0.305 e. The van der Waals surface area contributed by atoms with Crippen LogP contribution in [0.4, 0.5) is 0 Å². The largest absolute Gasteiger partial charge is 0.508 e. The average molecular weight is 543 g/mol. The number of fused-ring (bicyclic) bond motifs is 8. The van der Waals surface area contributed by atoms with Crippen molar-refractivity contribution < 1.29 is 44.5 Å². The molecule has 0 radical (unpaired) electrons. The highest BCUT2D eigenvalue weighted by atomic mass is 16.7. The van der Waals surface area contributed by atoms with E-state index in [4.69, 9.17) is 18.9 Å². The van der Waals surface area contributed by atoms with Crippen LogP contribution in [0, 0.1) is 0 Å². The third kappa shape index (κ3) is 3.48. The van der Waals surface area contributed by atoms with Crippen molar-refractivity contribution in [1.29, 1.82) is 0 Å². The Bertz CT molecular complexity index is 1620. The van der Waals surface area contributed by atoms with E-state index < -0.39 is 30.0 Å². The summed E-state index contributed by atoms with van der Waals surface area (Å²) >= 11 is 0. The Morgan fingerprint density at radius 2 is 1.48 bits per heavy atom. The Kier molecular flexibility index (Phi) is 5.32. The molecule has 3 aliphatic rings. The summed E-state index contributed by atoms with van der Waals surface area (Å²) < 4.78 is 24.7. The molecule has 0 amide bonds. The molecule has 5 N–H and O–H groups in total. The molecule has 0 aromatic heterocycles. The maximum absolute atomic E-state index is 12.0. The quantitative estimate of drug-likeness (QED) is 0.260. The molecule has 0 fully saturated rings. The molecule has 3 aliphatic heterocycles. The number of ether oxygens (including phenoxy) is 4. The predicted octanol–water partition coefficient (Wildman–Crippen LogP) is 3.98. The van der Waals surface area contributed by atoms with Crippen molar-refractivity contribution in [1.82, 2.24) is 0 Å². The third-order valence-electron chi connectivity index (χ3n) is 7.93. The van der Waals surface area contributed by atoms with E-state index in [9.17, 15) is 25.5 Å². The minimum atomic E-state index is -1.71. The monoisotopic (exact) mass is 542 g/mol. The van der Waals surface area contributed by atoms with Gasteiger partial charge in [-0.25, -0.2) is 0 Å². The molecule has 204 valence electrons. The molecule has 0 unspecified atom stereocenters. The lowest BCUT2D eigenvalue weighted by atomic mass is 9.74. The fourth-order valence-corrected chi connectivity index (χ4v) is 6.03. The summed E-state index contributed by atoms with van der Waals surface area (Å²) in [6.45, 7) is 0. The lowest BCUT2D eigenvalue weighted by Gasteiger charge is -2.50. The number of aliphatic hydroxyl groups is 2. The first-order valence-electron chi connectivity index (χ1n) is 12.8. The lowest BCUT2D eigenvalue weighted by molar-refractivity contribution is -0.219. The summed E-state index contributed by atoms with van der Waals surface area (Å²) in [7, 11) is 1.47. The number of aliphatic hydroxyl groups excluding tert-OH is 2. The first kappa shape index (κ1) is 24.4. The van der Waals surface area contributed by atoms with E-state index in [2.05, 4.69) is 0 Å². The van der Waals surface area contributed by atoms with Gasteiger partial charge >= 0.3 is 5.79 Å². The second-order valence-electron chi connectivity index (χ2n) is 10.3. The van der Waals surface area contributed by atoms with Crippen LogP contribution in [0.3, 0.4) is 0 Å². The van der Waals surface area contributed by atoms with Crippen LogP contribution in [0.5, 0.6) is 40.2 Å². The molecule has 9 heteroatoms. The Balaban J connectivity index is 1.45. The third-order valence-corrected chi connectivity index (χ3v) is 7.93. The van der Waals surface area contributed by atoms with Gasteiger partial charge in [0.1, 0.15) is 52.5 Å². The highest BCUT2D eigenvalue weighted by Gasteiger charge is 2.59. The molecule has 0 spiro atoms. The van der Waals surface area contributed by atoms with Gasteiger partial charge in [0.25, 0.3) is 0 Å². The molecule has 0 saturated heterocycles. The molecule has 0 aliphatic carbocycles. The molecule has 40 heavy (non-hydrogen) atoms. The standard InChI is InChI=1S/C31H26O9/c1-37-20-13-21(34)25-24(14-20)40-31(17-5-9-19(33)10-6-17)30(36)27(25)26-23(39-31)11-4-16-12-22(35)28(38-29(16)26)15-2-7-18(32)8-3-15/h2-11,13-14,22,27-28,30,32-36H,12H2,1H3/t22-,27-,28-,30-,31-/m1/s1. The molecule has 3 heterocycles. The number of phenols is 3. The van der Waals surface area contributed by atoms with Crippen molar-refractivity contribution in [3.05, 3.63) is 101 Å². The van der Waals surface area contributed by atoms with E-state index in [1.54, 1.807) is 42.5 Å². The SMILES string of the molecule is COc1cc(O)c2c(c1)O[C@@]1(c3ccc(O)cc3)Oc3ccc4c(c3[C@@H]2[C@H]1O)O[C@H](c1ccc(O)cc1)[C@H](O)C4. The van der Waals surface area contributed by atoms with Gasteiger partial charge in [0.2, 0.25) is 0 Å². The van der Waals surface area contributed by atoms with Crippen LogP contribution in [0.15, 0.2) is 72.8 Å². The van der Waals surface area contributed by atoms with E-state index in [-0.39, 0.29) is 29.4 Å². The van der Waals surface area contributed by atoms with E-state index in [1.165, 1.54) is 37.4 Å². The number of rotatable bonds is 3. The fourth-order valence-electron chi connectivity index (χ4n) is 6.03. The van der Waals surface area contributed by atoms with Gasteiger partial charge in [0.05, 0.1) is 19.1 Å². The number of methoxy groups -OCH3 is 1. The van der Waals surface area contributed by atoms with Crippen LogP contribution in [0.25, 0.3) is 0 Å². The minimum absolute atomic E-state index is 0.0409. The number of aromatic hydroxyl groups is 3. The van der Waals surface area contributed by atoms with Crippen LogP contribution >= 0.6 is 0 Å². The Hall–Kier alpha value is -4.60. The number of hydrogen-bond donors (Lipinski definition) is 5. The van der Waals surface area contributed by atoms with Gasteiger partial charge in [0.15, 0.2) is 0 Å². The normalized spacial score (nSPS) is 25.8. The number of phenolic OH excluding ortho intramolecular Hbond substituents is 3. The molecule has 4 aromatic carbocycles. The van der Waals surface area contributed by atoms with Gasteiger partial charge in [-0.2, -0.15) is 0 Å². The van der Waals surface area contributed by atoms with Gasteiger partial charge in [0, 0.05) is 35.2 Å². The highest BCUT2D eigenvalue weighted by molar-refractivity contribution is 5.65. The van der Waals surface area contributed by atoms with Gasteiger partial charge in [-0.1, -0.05) is 18.2 Å². The van der Waals surface area contributed by atoms with Crippen molar-refractivity contribution in [3.63, 3.8) is 0 Å². The zero-order valence-electron chi connectivity index (χ0n) is 21.3. The molecule has 9 nitrogen and oxygen atoms in total. The van der Waals surface area contributed by atoms with Gasteiger partial charge < -0.3 is 44.5 Å². The predicted molar refractivity (Wildman–Crippen MR) is 141 cm³/mol. The summed E-state index contributed by atoms with van der Waals surface area (Å²) in [5, 5.41) is 53.8. The fraction of sp³-hybridized carbons (Fsp3) is 0.226. The molecule has 7 rings (SSSR count). The van der Waals surface area contributed by atoms with Crippen LogP contribution in [0.1, 0.15) is 39.8 Å². The summed E-state index contributed by atoms with van der Waals surface area (Å²) in [5.74, 6) is -1.13. The average Bonchev–Trinajstić information content (AvgIpc) is 2.93. The second kappa shape index (κ2) is 8.70. The van der Waals surface area contributed by atoms with Crippen LogP contribution in [0.2, 0.25) is 0 Å². The van der Waals surface area contributed by atoms with Crippen molar-refractivity contribution in [2.75, 3.05) is 7.11 Å². The Labute approximate surface area is 229 Å². The lowest BCUT2D eigenvalue weighted by Crippen LogP contribution is -2.57. The molecular weight excluding hydrogens is 516 g/mol. The first-order chi connectivity index (χ1) is 19.3. The molecule has 5 atom stereocenters. The topological polar surface area (TPSA) is 138 Å². The van der Waals surface area contributed by atoms with Crippen molar-refractivity contribution in [2.45, 2.75) is 36.4 Å². The van der Waals surface area contributed by atoms with Crippen molar-refractivity contribution >= 4 is 0 Å². The molecule has 4 aromatic rings. The summed E-state index contributed by atoms with van der Waals surface area (Å²) in [6, 6.07) is 19.2. The summed E-state index contributed by atoms with van der Waals surface area (Å²) in [6.07, 6.45) is -2.67. The Morgan fingerprint density at radius 1 is 0.800 bits per heavy atom. The molecule has 0 saturated carbocycles. The van der Waals surface area contributed by atoms with Gasteiger partial charge in [-0.15, -0.1) is 0 Å². The van der Waals surface area contributed by atoms with E-state index in [1.807, 2.05) is 0 Å². The van der Waals surface area contributed by atoms with Crippen molar-refractivity contribution in [2.24, 2.45) is 0 Å². The van der Waals surface area contributed by atoms with Crippen LogP contribution in [-0.2, 0) is 12.2 Å². The first-order valence-corrected chi connectivity index (χ1v) is 12.8. The summed E-state index contributed by atoms with van der Waals surface area (Å²) in [5.41, 5.74) is 2.70. The van der Waals surface area contributed by atoms with Gasteiger partial charge in [-0.3, -0.25) is 0 Å². The molecule has 2 bridgehead atoms. The van der Waals surface area contributed by atoms with Gasteiger partial charge in [-0.05, 0) is 53.6 Å². The minimum Gasteiger partial charge on any atom is -0.508 e. The van der Waals surface area contributed by atoms with Crippen LogP contribution < -0.4 is 18.9 Å².